The summed E-state index contributed by atoms with van der Waals surface area (Å²) in [6.07, 6.45) is 0.846. The molecule has 0 unspecified atom stereocenters. The Kier molecular flexibility index (Phi) is 7.21. The van der Waals surface area contributed by atoms with E-state index in [0.29, 0.717) is 13.2 Å². The fourth-order valence-electron chi connectivity index (χ4n) is 2.38. The Morgan fingerprint density at radius 2 is 1.50 bits per heavy atom. The van der Waals surface area contributed by atoms with E-state index in [1.165, 1.54) is 11.1 Å². The topological polar surface area (TPSA) is 82.0 Å². The van der Waals surface area contributed by atoms with Crippen molar-refractivity contribution in [1.82, 2.24) is 5.32 Å². The van der Waals surface area contributed by atoms with Crippen LogP contribution in [0, 0.1) is 0 Å². The van der Waals surface area contributed by atoms with E-state index in [-0.39, 0.29) is 19.8 Å². The minimum Gasteiger partial charge on any atom is -0.492 e. The van der Waals surface area contributed by atoms with Crippen LogP contribution in [-0.4, -0.2) is 53.8 Å². The lowest BCUT2D eigenvalue weighted by atomic mass is 10.0. The lowest BCUT2D eigenvalue weighted by molar-refractivity contribution is 0.0405. The van der Waals surface area contributed by atoms with Crippen molar-refractivity contribution >= 4 is 0 Å². The van der Waals surface area contributed by atoms with Crippen molar-refractivity contribution in [1.29, 1.82) is 0 Å². The Morgan fingerprint density at radius 3 is 2.17 bits per heavy atom. The van der Waals surface area contributed by atoms with Gasteiger partial charge >= 0.3 is 0 Å². The molecule has 0 aliphatic carbocycles. The van der Waals surface area contributed by atoms with Gasteiger partial charge in [-0.15, -0.1) is 0 Å². The minimum absolute atomic E-state index is 0.341. The molecule has 5 nitrogen and oxygen atoms in total. The van der Waals surface area contributed by atoms with E-state index in [0.717, 1.165) is 12.2 Å². The van der Waals surface area contributed by atoms with Gasteiger partial charge in [-0.1, -0.05) is 42.5 Å². The van der Waals surface area contributed by atoms with Crippen LogP contribution >= 0.6 is 0 Å². The number of aliphatic hydroxyl groups excluding tert-OH is 3. The van der Waals surface area contributed by atoms with Crippen molar-refractivity contribution in [3.63, 3.8) is 0 Å². The first-order valence-corrected chi connectivity index (χ1v) is 8.04. The van der Waals surface area contributed by atoms with Gasteiger partial charge in [-0.3, -0.25) is 0 Å². The number of rotatable bonds is 10. The van der Waals surface area contributed by atoms with Crippen LogP contribution in [0.5, 0.6) is 5.75 Å². The van der Waals surface area contributed by atoms with Crippen LogP contribution in [0.1, 0.15) is 11.1 Å². The molecule has 0 bridgehead atoms. The largest absolute Gasteiger partial charge is 0.492 e. The molecule has 24 heavy (non-hydrogen) atoms. The van der Waals surface area contributed by atoms with Gasteiger partial charge in [0.1, 0.15) is 12.4 Å². The average Bonchev–Trinajstić information content (AvgIpc) is 2.64. The molecule has 0 heterocycles. The minimum atomic E-state index is -1.07. The van der Waals surface area contributed by atoms with Crippen molar-refractivity contribution in [2.45, 2.75) is 12.0 Å². The van der Waals surface area contributed by atoms with E-state index < -0.39 is 5.54 Å². The molecule has 0 radical (unpaired) electrons. The molecule has 0 aromatic heterocycles. The van der Waals surface area contributed by atoms with Gasteiger partial charge in [-0.25, -0.2) is 0 Å². The molecule has 2 rings (SSSR count). The molecular formula is C19H25NO4. The molecule has 0 atom stereocenters. The highest BCUT2D eigenvalue weighted by molar-refractivity contribution is 5.32. The van der Waals surface area contributed by atoms with Gasteiger partial charge < -0.3 is 25.4 Å². The van der Waals surface area contributed by atoms with E-state index in [1.807, 2.05) is 36.4 Å². The SMILES string of the molecule is OCC(CO)(CO)NCCOc1cccc(Cc2ccccc2)c1. The van der Waals surface area contributed by atoms with E-state index in [4.69, 9.17) is 4.74 Å². The summed E-state index contributed by atoms with van der Waals surface area (Å²) in [5.41, 5.74) is 1.34. The standard InChI is InChI=1S/C19H25NO4/c21-13-19(14-22,15-23)20-9-10-24-18-8-4-7-17(12-18)11-16-5-2-1-3-6-16/h1-8,12,20-23H,9-11,13-15H2. The first kappa shape index (κ1) is 18.4. The van der Waals surface area contributed by atoms with E-state index >= 15 is 0 Å². The first-order chi connectivity index (χ1) is 11.7. The second-order valence-corrected chi connectivity index (χ2v) is 5.84. The predicted octanol–water partition coefficient (Wildman–Crippen LogP) is 0.961. The molecule has 0 saturated carbocycles. The Labute approximate surface area is 142 Å². The third-order valence-electron chi connectivity index (χ3n) is 3.93. The summed E-state index contributed by atoms with van der Waals surface area (Å²) in [5, 5.41) is 30.7. The second kappa shape index (κ2) is 9.39. The molecule has 0 aliphatic heterocycles. The predicted molar refractivity (Wildman–Crippen MR) is 93.2 cm³/mol. The first-order valence-electron chi connectivity index (χ1n) is 8.04. The van der Waals surface area contributed by atoms with Gasteiger partial charge in [0, 0.05) is 6.54 Å². The number of nitrogens with one attached hydrogen (secondary N) is 1. The van der Waals surface area contributed by atoms with E-state index in [2.05, 4.69) is 23.5 Å². The summed E-state index contributed by atoms with van der Waals surface area (Å²) in [6, 6.07) is 18.2. The number of benzene rings is 2. The third kappa shape index (κ3) is 5.32. The van der Waals surface area contributed by atoms with Gasteiger partial charge in [0.15, 0.2) is 0 Å². The highest BCUT2D eigenvalue weighted by Gasteiger charge is 2.26. The summed E-state index contributed by atoms with van der Waals surface area (Å²) >= 11 is 0. The van der Waals surface area contributed by atoms with Crippen LogP contribution < -0.4 is 10.1 Å². The maximum Gasteiger partial charge on any atom is 0.119 e. The Hall–Kier alpha value is -1.92. The van der Waals surface area contributed by atoms with Gasteiger partial charge in [-0.2, -0.15) is 0 Å². The summed E-state index contributed by atoms with van der Waals surface area (Å²) < 4.78 is 5.71. The molecule has 2 aromatic carbocycles. The highest BCUT2D eigenvalue weighted by atomic mass is 16.5. The summed E-state index contributed by atoms with van der Waals surface area (Å²) in [4.78, 5) is 0. The molecule has 0 aliphatic rings. The Balaban J connectivity index is 1.84. The van der Waals surface area contributed by atoms with Crippen molar-refractivity contribution < 1.29 is 20.1 Å². The molecular weight excluding hydrogens is 306 g/mol. The zero-order valence-electron chi connectivity index (χ0n) is 13.7. The number of hydrogen-bond acceptors (Lipinski definition) is 5. The summed E-state index contributed by atoms with van der Waals surface area (Å²) in [6.45, 7) is -0.243. The fraction of sp³-hybridized carbons (Fsp3) is 0.368. The number of hydrogen-bond donors (Lipinski definition) is 4. The van der Waals surface area contributed by atoms with Crippen LogP contribution in [-0.2, 0) is 6.42 Å². The molecule has 4 N–H and O–H groups in total. The maximum absolute atomic E-state index is 9.25. The molecule has 0 spiro atoms. The van der Waals surface area contributed by atoms with Crippen LogP contribution in [0.25, 0.3) is 0 Å². The zero-order valence-corrected chi connectivity index (χ0v) is 13.7. The molecule has 2 aromatic rings. The molecule has 0 amide bonds. The smallest absolute Gasteiger partial charge is 0.119 e. The molecule has 130 valence electrons. The van der Waals surface area contributed by atoms with Gasteiger partial charge in [0.2, 0.25) is 0 Å². The highest BCUT2D eigenvalue weighted by Crippen LogP contribution is 2.16. The van der Waals surface area contributed by atoms with Gasteiger partial charge in [0.05, 0.1) is 25.4 Å². The van der Waals surface area contributed by atoms with Crippen molar-refractivity contribution in [3.05, 3.63) is 65.7 Å². The molecule has 0 saturated heterocycles. The maximum atomic E-state index is 9.25. The van der Waals surface area contributed by atoms with Crippen LogP contribution in [0.2, 0.25) is 0 Å². The van der Waals surface area contributed by atoms with Gasteiger partial charge in [0.25, 0.3) is 0 Å². The quantitative estimate of drug-likeness (QED) is 0.488. The van der Waals surface area contributed by atoms with E-state index in [9.17, 15) is 15.3 Å². The number of aliphatic hydroxyl groups is 3. The van der Waals surface area contributed by atoms with Crippen LogP contribution in [0.4, 0.5) is 0 Å². The lowest BCUT2D eigenvalue weighted by Crippen LogP contribution is -2.55. The summed E-state index contributed by atoms with van der Waals surface area (Å²) in [7, 11) is 0. The second-order valence-electron chi connectivity index (χ2n) is 5.84. The lowest BCUT2D eigenvalue weighted by Gasteiger charge is -2.28. The van der Waals surface area contributed by atoms with E-state index in [1.54, 1.807) is 0 Å². The van der Waals surface area contributed by atoms with Gasteiger partial charge in [-0.05, 0) is 29.7 Å². The van der Waals surface area contributed by atoms with Crippen LogP contribution in [0.15, 0.2) is 54.6 Å². The van der Waals surface area contributed by atoms with Crippen LogP contribution in [0.3, 0.4) is 0 Å². The monoisotopic (exact) mass is 331 g/mol. The third-order valence-corrected chi connectivity index (χ3v) is 3.93. The normalized spacial score (nSPS) is 11.5. The molecule has 0 fully saturated rings. The zero-order chi connectivity index (χ0) is 17.3. The summed E-state index contributed by atoms with van der Waals surface area (Å²) in [5.74, 6) is 0.771. The van der Waals surface area contributed by atoms with Crippen molar-refractivity contribution in [3.8, 4) is 5.75 Å². The van der Waals surface area contributed by atoms with Crippen molar-refractivity contribution in [2.75, 3.05) is 33.0 Å². The van der Waals surface area contributed by atoms with Crippen molar-refractivity contribution in [2.24, 2.45) is 0 Å². The Bertz CT molecular complexity index is 591. The average molecular weight is 331 g/mol. The molecule has 5 heteroatoms. The number of ether oxygens (including phenoxy) is 1. The fourth-order valence-corrected chi connectivity index (χ4v) is 2.38. The Morgan fingerprint density at radius 1 is 0.833 bits per heavy atom.